The van der Waals surface area contributed by atoms with Crippen LogP contribution in [0.15, 0.2) is 56.1 Å². The summed E-state index contributed by atoms with van der Waals surface area (Å²) < 4.78 is 17.1. The highest BCUT2D eigenvalue weighted by atomic mass is 16.5. The topological polar surface area (TPSA) is 72.8 Å². The molecule has 4 aromatic rings. The van der Waals surface area contributed by atoms with Crippen molar-refractivity contribution in [3.05, 3.63) is 80.7 Å². The van der Waals surface area contributed by atoms with Crippen molar-refractivity contribution >= 4 is 11.0 Å². The van der Waals surface area contributed by atoms with E-state index in [4.69, 9.17) is 13.6 Å². The number of hydrogen-bond acceptors (Lipinski definition) is 5. The Balaban J connectivity index is 1.64. The molecule has 0 aliphatic heterocycles. The standard InChI is InChI=1S/C24H22O5/c1-13-5-6-17(14(2)9-13)12-27-19-7-8-20-18(10-19)11-21(28-20)23-15(3)22(25)16(4)24(26)29-23/h5-11,25H,12H2,1-4H3. The summed E-state index contributed by atoms with van der Waals surface area (Å²) in [6.45, 7) is 7.83. The quantitative estimate of drug-likeness (QED) is 0.493. The predicted octanol–water partition coefficient (Wildman–Crippen LogP) is 5.57. The lowest BCUT2D eigenvalue weighted by Gasteiger charge is -2.09. The molecule has 148 valence electrons. The van der Waals surface area contributed by atoms with Crippen molar-refractivity contribution in [2.75, 3.05) is 0 Å². The number of fused-ring (bicyclic) bond motifs is 1. The number of aromatic hydroxyl groups is 1. The Morgan fingerprint density at radius 1 is 0.931 bits per heavy atom. The number of benzene rings is 2. The van der Waals surface area contributed by atoms with E-state index in [-0.39, 0.29) is 17.1 Å². The summed E-state index contributed by atoms with van der Waals surface area (Å²) in [5, 5.41) is 11.0. The van der Waals surface area contributed by atoms with Crippen LogP contribution < -0.4 is 10.4 Å². The molecule has 0 spiro atoms. The van der Waals surface area contributed by atoms with E-state index in [1.807, 2.05) is 18.2 Å². The molecule has 0 aliphatic rings. The maximum atomic E-state index is 11.9. The Bertz CT molecular complexity index is 1280. The second-order valence-corrected chi connectivity index (χ2v) is 7.35. The first-order valence-corrected chi connectivity index (χ1v) is 9.39. The van der Waals surface area contributed by atoms with Crippen LogP contribution in [0.3, 0.4) is 0 Å². The van der Waals surface area contributed by atoms with E-state index < -0.39 is 5.63 Å². The zero-order chi connectivity index (χ0) is 20.7. The average Bonchev–Trinajstić information content (AvgIpc) is 3.11. The van der Waals surface area contributed by atoms with Gasteiger partial charge in [-0.3, -0.25) is 0 Å². The Labute approximate surface area is 168 Å². The first kappa shape index (κ1) is 18.9. The minimum atomic E-state index is -0.582. The summed E-state index contributed by atoms with van der Waals surface area (Å²) in [7, 11) is 0. The van der Waals surface area contributed by atoms with E-state index in [9.17, 15) is 9.90 Å². The molecule has 2 heterocycles. The van der Waals surface area contributed by atoms with Crippen LogP contribution in [0.1, 0.15) is 27.8 Å². The van der Waals surface area contributed by atoms with E-state index >= 15 is 0 Å². The summed E-state index contributed by atoms with van der Waals surface area (Å²) in [5.74, 6) is 1.26. The number of furan rings is 1. The van der Waals surface area contributed by atoms with Crippen LogP contribution in [0.5, 0.6) is 11.5 Å². The van der Waals surface area contributed by atoms with Gasteiger partial charge in [0.25, 0.3) is 0 Å². The van der Waals surface area contributed by atoms with Gasteiger partial charge in [-0.15, -0.1) is 0 Å². The van der Waals surface area contributed by atoms with E-state index in [0.717, 1.165) is 16.7 Å². The van der Waals surface area contributed by atoms with Crippen LogP contribution in [-0.2, 0) is 6.61 Å². The van der Waals surface area contributed by atoms with Gasteiger partial charge in [-0.2, -0.15) is 0 Å². The van der Waals surface area contributed by atoms with Crippen LogP contribution in [0.25, 0.3) is 22.5 Å². The van der Waals surface area contributed by atoms with Gasteiger partial charge in [0.15, 0.2) is 11.5 Å². The molecule has 0 amide bonds. The van der Waals surface area contributed by atoms with Crippen molar-refractivity contribution in [1.29, 1.82) is 0 Å². The molecule has 1 N–H and O–H groups in total. The molecule has 4 rings (SSSR count). The van der Waals surface area contributed by atoms with Crippen molar-refractivity contribution in [3.8, 4) is 23.0 Å². The summed E-state index contributed by atoms with van der Waals surface area (Å²) in [5.41, 5.74) is 4.26. The number of aryl methyl sites for hydroxylation is 2. The highest BCUT2D eigenvalue weighted by Gasteiger charge is 2.18. The second-order valence-electron chi connectivity index (χ2n) is 7.35. The van der Waals surface area contributed by atoms with Gasteiger partial charge in [-0.25, -0.2) is 4.79 Å². The molecule has 0 aliphatic carbocycles. The third-order valence-corrected chi connectivity index (χ3v) is 5.16. The number of ether oxygens (including phenoxy) is 1. The van der Waals surface area contributed by atoms with E-state index in [1.54, 1.807) is 13.0 Å². The zero-order valence-electron chi connectivity index (χ0n) is 16.8. The van der Waals surface area contributed by atoms with Gasteiger partial charge >= 0.3 is 5.63 Å². The van der Waals surface area contributed by atoms with Crippen LogP contribution in [0.4, 0.5) is 0 Å². The fourth-order valence-electron chi connectivity index (χ4n) is 3.36. The van der Waals surface area contributed by atoms with Crippen molar-refractivity contribution in [2.24, 2.45) is 0 Å². The van der Waals surface area contributed by atoms with Crippen LogP contribution in [-0.4, -0.2) is 5.11 Å². The normalized spacial score (nSPS) is 11.2. The van der Waals surface area contributed by atoms with Crippen LogP contribution in [0.2, 0.25) is 0 Å². The lowest BCUT2D eigenvalue weighted by atomic mass is 10.1. The molecule has 0 fully saturated rings. The Morgan fingerprint density at radius 3 is 2.48 bits per heavy atom. The zero-order valence-corrected chi connectivity index (χ0v) is 16.8. The first-order chi connectivity index (χ1) is 13.8. The lowest BCUT2D eigenvalue weighted by Crippen LogP contribution is -2.05. The molecule has 2 aromatic carbocycles. The molecule has 0 radical (unpaired) electrons. The minimum absolute atomic E-state index is 0.0748. The maximum Gasteiger partial charge on any atom is 0.343 e. The largest absolute Gasteiger partial charge is 0.507 e. The van der Waals surface area contributed by atoms with Crippen molar-refractivity contribution in [3.63, 3.8) is 0 Å². The van der Waals surface area contributed by atoms with Crippen LogP contribution >= 0.6 is 0 Å². The van der Waals surface area contributed by atoms with Gasteiger partial charge in [0, 0.05) is 10.9 Å². The summed E-state index contributed by atoms with van der Waals surface area (Å²) in [6, 6.07) is 13.6. The van der Waals surface area contributed by atoms with E-state index in [2.05, 4.69) is 32.0 Å². The fraction of sp³-hybridized carbons (Fsp3) is 0.208. The maximum absolute atomic E-state index is 11.9. The van der Waals surface area contributed by atoms with E-state index in [0.29, 0.717) is 23.5 Å². The first-order valence-electron chi connectivity index (χ1n) is 9.39. The molecule has 0 bridgehead atoms. The van der Waals surface area contributed by atoms with Gasteiger partial charge in [0.2, 0.25) is 0 Å². The monoisotopic (exact) mass is 390 g/mol. The average molecular weight is 390 g/mol. The molecule has 29 heavy (non-hydrogen) atoms. The van der Waals surface area contributed by atoms with Gasteiger partial charge in [0.05, 0.1) is 5.56 Å². The van der Waals surface area contributed by atoms with Gasteiger partial charge in [-0.1, -0.05) is 23.8 Å². The minimum Gasteiger partial charge on any atom is -0.507 e. The lowest BCUT2D eigenvalue weighted by molar-refractivity contribution is 0.306. The third-order valence-electron chi connectivity index (χ3n) is 5.16. The fourth-order valence-corrected chi connectivity index (χ4v) is 3.36. The van der Waals surface area contributed by atoms with Crippen molar-refractivity contribution < 1.29 is 18.7 Å². The number of hydrogen-bond donors (Lipinski definition) is 1. The second kappa shape index (κ2) is 7.17. The number of rotatable bonds is 4. The molecular weight excluding hydrogens is 368 g/mol. The molecule has 5 heteroatoms. The van der Waals surface area contributed by atoms with Crippen molar-refractivity contribution in [1.82, 2.24) is 0 Å². The molecular formula is C24H22O5. The van der Waals surface area contributed by atoms with Crippen LogP contribution in [0, 0.1) is 27.7 Å². The smallest absolute Gasteiger partial charge is 0.343 e. The SMILES string of the molecule is Cc1ccc(COc2ccc3oc(-c4oc(=O)c(C)c(O)c4C)cc3c2)c(C)c1. The highest BCUT2D eigenvalue weighted by molar-refractivity contribution is 5.84. The Hall–Kier alpha value is -3.47. The molecule has 0 saturated carbocycles. The summed E-state index contributed by atoms with van der Waals surface area (Å²) >= 11 is 0. The summed E-state index contributed by atoms with van der Waals surface area (Å²) in [6.07, 6.45) is 0. The van der Waals surface area contributed by atoms with Crippen molar-refractivity contribution in [2.45, 2.75) is 34.3 Å². The van der Waals surface area contributed by atoms with Gasteiger partial charge < -0.3 is 18.7 Å². The van der Waals surface area contributed by atoms with E-state index in [1.165, 1.54) is 18.1 Å². The molecule has 2 aromatic heterocycles. The predicted molar refractivity (Wildman–Crippen MR) is 112 cm³/mol. The Kier molecular flexibility index (Phi) is 4.66. The highest BCUT2D eigenvalue weighted by Crippen LogP contribution is 2.34. The molecule has 0 saturated heterocycles. The Morgan fingerprint density at radius 2 is 1.72 bits per heavy atom. The van der Waals surface area contributed by atoms with Gasteiger partial charge in [0.1, 0.15) is 23.7 Å². The molecule has 0 unspecified atom stereocenters. The van der Waals surface area contributed by atoms with Gasteiger partial charge in [-0.05, 0) is 63.1 Å². The summed E-state index contributed by atoms with van der Waals surface area (Å²) in [4.78, 5) is 11.9. The molecule has 5 nitrogen and oxygen atoms in total. The third kappa shape index (κ3) is 3.51. The molecule has 0 atom stereocenters.